The highest BCUT2D eigenvalue weighted by molar-refractivity contribution is 5.64. The highest BCUT2D eigenvalue weighted by Crippen LogP contribution is 2.24. The lowest BCUT2D eigenvalue weighted by Gasteiger charge is -2.11. The molecule has 0 radical (unpaired) electrons. The van der Waals surface area contributed by atoms with Gasteiger partial charge >= 0.3 is 0 Å². The maximum Gasteiger partial charge on any atom is 0.120 e. The molecule has 0 aliphatic carbocycles. The van der Waals surface area contributed by atoms with E-state index in [4.69, 9.17) is 4.74 Å². The molecular weight excluding hydrogens is 210 g/mol. The fraction of sp³-hybridized carbons (Fsp3) is 0.200. The van der Waals surface area contributed by atoms with Crippen LogP contribution in [-0.2, 0) is 0 Å². The van der Waals surface area contributed by atoms with Crippen LogP contribution in [0.5, 0.6) is 5.75 Å². The van der Waals surface area contributed by atoms with Gasteiger partial charge in [-0.1, -0.05) is 23.8 Å². The summed E-state index contributed by atoms with van der Waals surface area (Å²) in [6.07, 6.45) is 0. The summed E-state index contributed by atoms with van der Waals surface area (Å²) in [7, 11) is 1.68. The number of hydrogen-bond donors (Lipinski definition) is 1. The van der Waals surface area contributed by atoms with E-state index in [1.165, 1.54) is 11.1 Å². The highest BCUT2D eigenvalue weighted by atomic mass is 16.5. The largest absolute Gasteiger partial charge is 0.497 e. The topological polar surface area (TPSA) is 21.3 Å². The summed E-state index contributed by atoms with van der Waals surface area (Å²) in [4.78, 5) is 0. The Hall–Kier alpha value is -1.96. The van der Waals surface area contributed by atoms with Crippen molar-refractivity contribution in [1.29, 1.82) is 0 Å². The Morgan fingerprint density at radius 2 is 1.82 bits per heavy atom. The van der Waals surface area contributed by atoms with E-state index in [9.17, 15) is 0 Å². The van der Waals surface area contributed by atoms with Crippen LogP contribution in [0.15, 0.2) is 42.5 Å². The predicted molar refractivity (Wildman–Crippen MR) is 72.2 cm³/mol. The van der Waals surface area contributed by atoms with Gasteiger partial charge in [0.05, 0.1) is 7.11 Å². The van der Waals surface area contributed by atoms with Gasteiger partial charge in [0.1, 0.15) is 5.75 Å². The minimum atomic E-state index is 0.861. The maximum absolute atomic E-state index is 5.20. The van der Waals surface area contributed by atoms with E-state index < -0.39 is 0 Å². The number of ether oxygens (including phenoxy) is 1. The van der Waals surface area contributed by atoms with E-state index >= 15 is 0 Å². The molecule has 0 amide bonds. The summed E-state index contributed by atoms with van der Waals surface area (Å²) >= 11 is 0. The number of anilines is 2. The van der Waals surface area contributed by atoms with Crippen LogP contribution in [0, 0.1) is 13.8 Å². The molecule has 0 heterocycles. The average molecular weight is 227 g/mol. The van der Waals surface area contributed by atoms with Crippen molar-refractivity contribution in [3.63, 3.8) is 0 Å². The van der Waals surface area contributed by atoms with Crippen LogP contribution in [0.2, 0.25) is 0 Å². The lowest BCUT2D eigenvalue weighted by molar-refractivity contribution is 0.415. The zero-order valence-corrected chi connectivity index (χ0v) is 10.4. The monoisotopic (exact) mass is 227 g/mol. The molecule has 2 heteroatoms. The van der Waals surface area contributed by atoms with Crippen molar-refractivity contribution in [2.24, 2.45) is 0 Å². The summed E-state index contributed by atoms with van der Waals surface area (Å²) in [5.74, 6) is 0.861. The molecule has 1 N–H and O–H groups in total. The van der Waals surface area contributed by atoms with Crippen LogP contribution < -0.4 is 10.1 Å². The summed E-state index contributed by atoms with van der Waals surface area (Å²) in [5, 5.41) is 3.39. The van der Waals surface area contributed by atoms with Gasteiger partial charge in [0.25, 0.3) is 0 Å². The van der Waals surface area contributed by atoms with Gasteiger partial charge in [0, 0.05) is 17.4 Å². The average Bonchev–Trinajstić information content (AvgIpc) is 2.33. The third kappa shape index (κ3) is 2.78. The molecule has 0 aliphatic rings. The first-order valence-corrected chi connectivity index (χ1v) is 5.67. The van der Waals surface area contributed by atoms with Gasteiger partial charge in [-0.25, -0.2) is 0 Å². The van der Waals surface area contributed by atoms with Crippen molar-refractivity contribution in [1.82, 2.24) is 0 Å². The van der Waals surface area contributed by atoms with Gasteiger partial charge in [-0.3, -0.25) is 0 Å². The molecule has 0 unspecified atom stereocenters. The highest BCUT2D eigenvalue weighted by Gasteiger charge is 2.00. The molecule has 2 nitrogen and oxygen atoms in total. The van der Waals surface area contributed by atoms with Crippen molar-refractivity contribution >= 4 is 11.4 Å². The van der Waals surface area contributed by atoms with Crippen molar-refractivity contribution in [2.75, 3.05) is 12.4 Å². The minimum absolute atomic E-state index is 0.861. The van der Waals surface area contributed by atoms with Gasteiger partial charge in [-0.2, -0.15) is 0 Å². The fourth-order valence-corrected chi connectivity index (χ4v) is 1.81. The summed E-state index contributed by atoms with van der Waals surface area (Å²) in [6.45, 7) is 4.21. The second kappa shape index (κ2) is 4.91. The molecule has 17 heavy (non-hydrogen) atoms. The molecule has 0 saturated carbocycles. The van der Waals surface area contributed by atoms with E-state index in [0.29, 0.717) is 0 Å². The Kier molecular flexibility index (Phi) is 3.33. The van der Waals surface area contributed by atoms with Crippen LogP contribution in [0.4, 0.5) is 11.4 Å². The molecule has 0 atom stereocenters. The fourth-order valence-electron chi connectivity index (χ4n) is 1.81. The Morgan fingerprint density at radius 1 is 1.00 bits per heavy atom. The number of benzene rings is 2. The second-order valence-corrected chi connectivity index (χ2v) is 4.18. The molecule has 88 valence electrons. The third-order valence-corrected chi connectivity index (χ3v) is 2.73. The van der Waals surface area contributed by atoms with Gasteiger partial charge in [0.2, 0.25) is 0 Å². The first-order chi connectivity index (χ1) is 8.19. The summed E-state index contributed by atoms with van der Waals surface area (Å²) < 4.78 is 5.20. The summed E-state index contributed by atoms with van der Waals surface area (Å²) in [6, 6.07) is 14.3. The van der Waals surface area contributed by atoms with Crippen molar-refractivity contribution in [2.45, 2.75) is 13.8 Å². The first kappa shape index (κ1) is 11.5. The van der Waals surface area contributed by atoms with Crippen LogP contribution in [-0.4, -0.2) is 7.11 Å². The standard InChI is InChI=1S/C15H17NO/c1-11-7-8-15(12(2)9-11)16-13-5-4-6-14(10-13)17-3/h4-10,16H,1-3H3. The zero-order chi connectivity index (χ0) is 12.3. The Morgan fingerprint density at radius 3 is 2.53 bits per heavy atom. The molecule has 0 aliphatic heterocycles. The van der Waals surface area contributed by atoms with E-state index in [1.54, 1.807) is 7.11 Å². The molecular formula is C15H17NO. The molecule has 2 rings (SSSR count). The van der Waals surface area contributed by atoms with Crippen LogP contribution in [0.3, 0.4) is 0 Å². The lowest BCUT2D eigenvalue weighted by Crippen LogP contribution is -1.94. The number of nitrogens with one attached hydrogen (secondary N) is 1. The Bertz CT molecular complexity index is 520. The summed E-state index contributed by atoms with van der Waals surface area (Å²) in [5.41, 5.74) is 4.69. The van der Waals surface area contributed by atoms with E-state index in [0.717, 1.165) is 17.1 Å². The maximum atomic E-state index is 5.20. The minimum Gasteiger partial charge on any atom is -0.497 e. The van der Waals surface area contributed by atoms with Gasteiger partial charge in [0.15, 0.2) is 0 Å². The molecule has 0 fully saturated rings. The number of methoxy groups -OCH3 is 1. The number of rotatable bonds is 3. The first-order valence-electron chi connectivity index (χ1n) is 5.67. The van der Waals surface area contributed by atoms with E-state index in [1.807, 2.05) is 24.3 Å². The Labute approximate surface area is 102 Å². The van der Waals surface area contributed by atoms with Crippen molar-refractivity contribution in [3.05, 3.63) is 53.6 Å². The van der Waals surface area contributed by atoms with E-state index in [2.05, 4.69) is 37.4 Å². The molecule has 0 bridgehead atoms. The van der Waals surface area contributed by atoms with Gasteiger partial charge < -0.3 is 10.1 Å². The molecule has 0 spiro atoms. The molecule has 2 aromatic rings. The van der Waals surface area contributed by atoms with Crippen molar-refractivity contribution < 1.29 is 4.74 Å². The number of hydrogen-bond acceptors (Lipinski definition) is 2. The molecule has 0 aromatic heterocycles. The number of aryl methyl sites for hydroxylation is 2. The van der Waals surface area contributed by atoms with Crippen LogP contribution in [0.1, 0.15) is 11.1 Å². The SMILES string of the molecule is COc1cccc(Nc2ccc(C)cc2C)c1. The molecule has 0 saturated heterocycles. The quantitative estimate of drug-likeness (QED) is 0.853. The smallest absolute Gasteiger partial charge is 0.120 e. The van der Waals surface area contributed by atoms with Crippen LogP contribution in [0.25, 0.3) is 0 Å². The molecule has 2 aromatic carbocycles. The van der Waals surface area contributed by atoms with Crippen LogP contribution >= 0.6 is 0 Å². The Balaban J connectivity index is 2.25. The van der Waals surface area contributed by atoms with E-state index in [-0.39, 0.29) is 0 Å². The zero-order valence-electron chi connectivity index (χ0n) is 10.4. The van der Waals surface area contributed by atoms with Gasteiger partial charge in [-0.05, 0) is 37.6 Å². The second-order valence-electron chi connectivity index (χ2n) is 4.18. The lowest BCUT2D eigenvalue weighted by atomic mass is 10.1. The third-order valence-electron chi connectivity index (χ3n) is 2.73. The normalized spacial score (nSPS) is 10.1. The predicted octanol–water partition coefficient (Wildman–Crippen LogP) is 4.06. The van der Waals surface area contributed by atoms with Crippen molar-refractivity contribution in [3.8, 4) is 5.75 Å². The van der Waals surface area contributed by atoms with Gasteiger partial charge in [-0.15, -0.1) is 0 Å².